The third-order valence-electron chi connectivity index (χ3n) is 4.79. The van der Waals surface area contributed by atoms with Crippen LogP contribution in [-0.2, 0) is 16.1 Å². The van der Waals surface area contributed by atoms with Crippen LogP contribution in [0.4, 0.5) is 11.1 Å². The van der Waals surface area contributed by atoms with Gasteiger partial charge in [0.2, 0.25) is 17.8 Å². The second-order valence-electron chi connectivity index (χ2n) is 7.04. The number of anilines is 2. The van der Waals surface area contributed by atoms with Crippen molar-refractivity contribution in [3.63, 3.8) is 0 Å². The lowest BCUT2D eigenvalue weighted by Crippen LogP contribution is -2.41. The van der Waals surface area contributed by atoms with Crippen molar-refractivity contribution < 1.29 is 9.59 Å². The molecule has 0 bridgehead atoms. The normalized spacial score (nSPS) is 16.3. The molecule has 0 aromatic carbocycles. The van der Waals surface area contributed by atoms with Crippen molar-refractivity contribution in [2.75, 3.05) is 23.3 Å². The van der Waals surface area contributed by atoms with Crippen molar-refractivity contribution in [1.29, 1.82) is 0 Å². The van der Waals surface area contributed by atoms with Gasteiger partial charge in [0.1, 0.15) is 0 Å². The fourth-order valence-corrected chi connectivity index (χ4v) is 5.00. The fourth-order valence-electron chi connectivity index (χ4n) is 3.30. The molecule has 10 heteroatoms. The summed E-state index contributed by atoms with van der Waals surface area (Å²) >= 11 is 3.00. The topological polar surface area (TPSA) is 100 Å². The molecule has 0 aliphatic carbocycles. The third kappa shape index (κ3) is 5.00. The smallest absolute Gasteiger partial charge is 0.231 e. The number of thiazole rings is 1. The summed E-state index contributed by atoms with van der Waals surface area (Å²) in [7, 11) is 0. The molecule has 156 valence electrons. The number of hydrogen-bond acceptors (Lipinski definition) is 8. The van der Waals surface area contributed by atoms with Crippen LogP contribution in [0.2, 0.25) is 0 Å². The van der Waals surface area contributed by atoms with Crippen molar-refractivity contribution in [2.45, 2.75) is 26.3 Å². The van der Waals surface area contributed by atoms with Crippen molar-refractivity contribution in [2.24, 2.45) is 5.92 Å². The number of aromatic nitrogens is 3. The van der Waals surface area contributed by atoms with E-state index in [1.54, 1.807) is 29.8 Å². The number of rotatable bonds is 6. The maximum Gasteiger partial charge on any atom is 0.231 e. The van der Waals surface area contributed by atoms with E-state index >= 15 is 0 Å². The van der Waals surface area contributed by atoms with Gasteiger partial charge in [-0.1, -0.05) is 0 Å². The first-order valence-electron chi connectivity index (χ1n) is 9.70. The Morgan fingerprint density at radius 1 is 1.27 bits per heavy atom. The van der Waals surface area contributed by atoms with E-state index in [1.165, 1.54) is 18.3 Å². The first-order valence-corrected chi connectivity index (χ1v) is 11.4. The second kappa shape index (κ2) is 9.31. The maximum atomic E-state index is 12.8. The summed E-state index contributed by atoms with van der Waals surface area (Å²) in [6.07, 6.45) is 5.20. The predicted molar refractivity (Wildman–Crippen MR) is 119 cm³/mol. The summed E-state index contributed by atoms with van der Waals surface area (Å²) in [5.74, 6) is 0.470. The van der Waals surface area contributed by atoms with Gasteiger partial charge < -0.3 is 15.5 Å². The predicted octanol–water partition coefficient (Wildman–Crippen LogP) is 3.15. The SMILES string of the molecule is CC(=O)NCc1ccc(-c2csc(NC(=O)C3CCCN(c4ncccn4)C3)n2)s1. The molecule has 1 atom stereocenters. The maximum absolute atomic E-state index is 12.8. The zero-order valence-electron chi connectivity index (χ0n) is 16.5. The average molecular weight is 443 g/mol. The van der Waals surface area contributed by atoms with Gasteiger partial charge in [-0.15, -0.1) is 22.7 Å². The molecule has 1 saturated heterocycles. The van der Waals surface area contributed by atoms with Crippen LogP contribution in [0, 0.1) is 5.92 Å². The summed E-state index contributed by atoms with van der Waals surface area (Å²) in [6.45, 7) is 3.47. The van der Waals surface area contributed by atoms with Gasteiger partial charge in [-0.05, 0) is 31.0 Å². The van der Waals surface area contributed by atoms with Gasteiger partial charge in [-0.3, -0.25) is 9.59 Å². The molecule has 3 aromatic heterocycles. The highest BCUT2D eigenvalue weighted by Gasteiger charge is 2.27. The van der Waals surface area contributed by atoms with Gasteiger partial charge >= 0.3 is 0 Å². The van der Waals surface area contributed by atoms with Gasteiger partial charge in [-0.25, -0.2) is 15.0 Å². The highest BCUT2D eigenvalue weighted by Crippen LogP contribution is 2.31. The Kier molecular flexibility index (Phi) is 6.34. The largest absolute Gasteiger partial charge is 0.351 e. The number of piperidine rings is 1. The van der Waals surface area contributed by atoms with Crippen LogP contribution >= 0.6 is 22.7 Å². The number of nitrogens with zero attached hydrogens (tertiary/aromatic N) is 4. The Bertz CT molecular complexity index is 1020. The molecule has 1 unspecified atom stereocenters. The molecule has 1 aliphatic rings. The van der Waals surface area contributed by atoms with Crippen molar-refractivity contribution in [3.05, 3.63) is 40.8 Å². The van der Waals surface area contributed by atoms with E-state index in [9.17, 15) is 9.59 Å². The zero-order chi connectivity index (χ0) is 20.9. The van der Waals surface area contributed by atoms with Crippen LogP contribution in [0.15, 0.2) is 36.0 Å². The number of carbonyl (C=O) groups excluding carboxylic acids is 2. The standard InChI is InChI=1S/C20H22N6O2S2/c1-13(27)23-10-15-5-6-17(30-15)16-12-29-20(24-16)25-18(28)14-4-2-9-26(11-14)19-21-7-3-8-22-19/h3,5-8,12,14H,2,4,9-11H2,1H3,(H,23,27)(H,24,25,28). The minimum Gasteiger partial charge on any atom is -0.351 e. The average Bonchev–Trinajstić information content (AvgIpc) is 3.42. The van der Waals surface area contributed by atoms with E-state index in [1.807, 2.05) is 17.5 Å². The first-order chi connectivity index (χ1) is 14.6. The molecule has 3 aromatic rings. The second-order valence-corrected chi connectivity index (χ2v) is 9.06. The molecule has 0 saturated carbocycles. The van der Waals surface area contributed by atoms with Gasteiger partial charge in [-0.2, -0.15) is 0 Å². The van der Waals surface area contributed by atoms with Gasteiger partial charge in [0.25, 0.3) is 0 Å². The van der Waals surface area contributed by atoms with Crippen LogP contribution < -0.4 is 15.5 Å². The Morgan fingerprint density at radius 2 is 2.10 bits per heavy atom. The monoisotopic (exact) mass is 442 g/mol. The minimum absolute atomic E-state index is 0.0194. The summed E-state index contributed by atoms with van der Waals surface area (Å²) < 4.78 is 0. The first kappa shape index (κ1) is 20.4. The molecule has 4 rings (SSSR count). The number of nitrogens with one attached hydrogen (secondary N) is 2. The van der Waals surface area contributed by atoms with Crippen molar-refractivity contribution in [3.8, 4) is 10.6 Å². The van der Waals surface area contributed by atoms with Gasteiger partial charge in [0.15, 0.2) is 5.13 Å². The summed E-state index contributed by atoms with van der Waals surface area (Å²) in [4.78, 5) is 41.1. The van der Waals surface area contributed by atoms with Crippen LogP contribution in [0.1, 0.15) is 24.6 Å². The van der Waals surface area contributed by atoms with Crippen LogP contribution in [-0.4, -0.2) is 39.9 Å². The molecule has 0 spiro atoms. The Morgan fingerprint density at radius 3 is 2.90 bits per heavy atom. The van der Waals surface area contributed by atoms with Gasteiger partial charge in [0.05, 0.1) is 23.0 Å². The van der Waals surface area contributed by atoms with Crippen LogP contribution in [0.5, 0.6) is 0 Å². The Labute approximate surface area is 182 Å². The molecule has 4 heterocycles. The summed E-state index contributed by atoms with van der Waals surface area (Å²) in [5, 5.41) is 8.30. The van der Waals surface area contributed by atoms with E-state index in [0.29, 0.717) is 24.2 Å². The fraction of sp³-hybridized carbons (Fsp3) is 0.350. The molecule has 0 radical (unpaired) electrons. The number of amides is 2. The lowest BCUT2D eigenvalue weighted by atomic mass is 9.97. The Hall–Kier alpha value is -2.85. The van der Waals surface area contributed by atoms with Crippen LogP contribution in [0.25, 0.3) is 10.6 Å². The van der Waals surface area contributed by atoms with Crippen molar-refractivity contribution >= 4 is 45.6 Å². The quantitative estimate of drug-likeness (QED) is 0.608. The molecule has 8 nitrogen and oxygen atoms in total. The van der Waals surface area contributed by atoms with E-state index in [2.05, 4.69) is 30.5 Å². The molecule has 1 aliphatic heterocycles. The van der Waals surface area contributed by atoms with Crippen LogP contribution in [0.3, 0.4) is 0 Å². The van der Waals surface area contributed by atoms with E-state index < -0.39 is 0 Å². The molecular weight excluding hydrogens is 420 g/mol. The van der Waals surface area contributed by atoms with E-state index in [4.69, 9.17) is 0 Å². The lowest BCUT2D eigenvalue weighted by Gasteiger charge is -2.31. The van der Waals surface area contributed by atoms with Gasteiger partial charge in [0, 0.05) is 42.7 Å². The third-order valence-corrected chi connectivity index (χ3v) is 6.65. The summed E-state index contributed by atoms with van der Waals surface area (Å²) in [6, 6.07) is 5.76. The van der Waals surface area contributed by atoms with Crippen molar-refractivity contribution in [1.82, 2.24) is 20.3 Å². The number of thiophene rings is 1. The summed E-state index contributed by atoms with van der Waals surface area (Å²) in [5.41, 5.74) is 0.831. The molecule has 2 amide bonds. The Balaban J connectivity index is 1.36. The highest BCUT2D eigenvalue weighted by atomic mass is 32.1. The minimum atomic E-state index is -0.124. The lowest BCUT2D eigenvalue weighted by molar-refractivity contribution is -0.120. The van der Waals surface area contributed by atoms with E-state index in [-0.39, 0.29) is 17.7 Å². The van der Waals surface area contributed by atoms with E-state index in [0.717, 1.165) is 34.8 Å². The number of hydrogen-bond donors (Lipinski definition) is 2. The highest BCUT2D eigenvalue weighted by molar-refractivity contribution is 7.17. The zero-order valence-corrected chi connectivity index (χ0v) is 18.1. The molecule has 30 heavy (non-hydrogen) atoms. The molecule has 1 fully saturated rings. The molecular formula is C20H22N6O2S2. The molecule has 2 N–H and O–H groups in total. The number of carbonyl (C=O) groups is 2.